The fraction of sp³-hybridized carbons (Fsp3) is 0.214. The molecule has 25 heavy (non-hydrogen) atoms. The van der Waals surface area contributed by atoms with E-state index in [1.807, 2.05) is 0 Å². The van der Waals surface area contributed by atoms with Gasteiger partial charge in [0.2, 0.25) is 5.91 Å². The summed E-state index contributed by atoms with van der Waals surface area (Å²) in [6.45, 7) is 1.74. The maximum absolute atomic E-state index is 12.0. The van der Waals surface area contributed by atoms with E-state index in [4.69, 9.17) is 5.26 Å². The Kier molecular flexibility index (Phi) is 5.03. The normalized spacial score (nSPS) is 10.1. The van der Waals surface area contributed by atoms with Crippen molar-refractivity contribution in [3.8, 4) is 6.07 Å². The number of amides is 1. The molecule has 0 unspecified atom stereocenters. The zero-order valence-electron chi connectivity index (χ0n) is 13.0. The number of benzene rings is 1. The molecule has 128 valence electrons. The highest BCUT2D eigenvalue weighted by Gasteiger charge is 2.17. The standard InChI is InChI=1S/C14H12N6O5/c1-9-6-13(20(24)25)17-18(9)5-4-14(21)16-12-3-2-11(19(22)23)7-10(12)8-15/h2-3,6-7H,4-5H2,1H3,(H,16,21). The summed E-state index contributed by atoms with van der Waals surface area (Å²) in [5.41, 5.74) is 0.399. The van der Waals surface area contributed by atoms with Crippen molar-refractivity contribution >= 4 is 23.1 Å². The van der Waals surface area contributed by atoms with Crippen molar-refractivity contribution in [1.82, 2.24) is 9.78 Å². The molecule has 0 aliphatic heterocycles. The smallest absolute Gasteiger partial charge is 0.358 e. The van der Waals surface area contributed by atoms with Gasteiger partial charge >= 0.3 is 5.82 Å². The number of nitrogens with zero attached hydrogens (tertiary/aromatic N) is 5. The molecule has 0 aliphatic carbocycles. The van der Waals surface area contributed by atoms with Crippen molar-refractivity contribution in [2.75, 3.05) is 5.32 Å². The van der Waals surface area contributed by atoms with Gasteiger partial charge in [-0.3, -0.25) is 14.9 Å². The minimum atomic E-state index is -0.639. The number of aryl methyl sites for hydroxylation is 2. The highest BCUT2D eigenvalue weighted by Crippen LogP contribution is 2.21. The van der Waals surface area contributed by atoms with Crippen LogP contribution in [0.4, 0.5) is 17.2 Å². The minimum Gasteiger partial charge on any atom is -0.358 e. The number of carbonyl (C=O) groups excluding carboxylic acids is 1. The first-order valence-corrected chi connectivity index (χ1v) is 6.99. The maximum atomic E-state index is 12.0. The van der Waals surface area contributed by atoms with Gasteiger partial charge in [-0.15, -0.1) is 0 Å². The van der Waals surface area contributed by atoms with Crippen molar-refractivity contribution in [3.05, 3.63) is 55.8 Å². The molecule has 0 aliphatic rings. The Morgan fingerprint density at radius 1 is 1.32 bits per heavy atom. The molecule has 1 heterocycles. The maximum Gasteiger partial charge on any atom is 0.390 e. The van der Waals surface area contributed by atoms with Crippen molar-refractivity contribution in [3.63, 3.8) is 0 Å². The van der Waals surface area contributed by atoms with Crippen LogP contribution in [-0.2, 0) is 11.3 Å². The van der Waals surface area contributed by atoms with Crippen LogP contribution in [0.1, 0.15) is 17.7 Å². The van der Waals surface area contributed by atoms with E-state index in [1.165, 1.54) is 22.9 Å². The van der Waals surface area contributed by atoms with Gasteiger partial charge in [0.05, 0.1) is 39.6 Å². The molecule has 1 aromatic heterocycles. The number of nitro groups is 2. The number of hydrogen-bond donors (Lipinski definition) is 1. The van der Waals surface area contributed by atoms with Gasteiger partial charge in [-0.1, -0.05) is 0 Å². The Morgan fingerprint density at radius 3 is 2.60 bits per heavy atom. The SMILES string of the molecule is Cc1cc([N+](=O)[O-])nn1CCC(=O)Nc1ccc([N+](=O)[O-])cc1C#N. The summed E-state index contributed by atoms with van der Waals surface area (Å²) in [6, 6.07) is 6.60. The summed E-state index contributed by atoms with van der Waals surface area (Å²) in [5, 5.41) is 36.6. The van der Waals surface area contributed by atoms with E-state index in [0.29, 0.717) is 5.69 Å². The number of anilines is 1. The van der Waals surface area contributed by atoms with E-state index in [-0.39, 0.29) is 35.7 Å². The average molecular weight is 344 g/mol. The molecular formula is C14H12N6O5. The predicted octanol–water partition coefficient (Wildman–Crippen LogP) is 1.91. The number of hydrogen-bond acceptors (Lipinski definition) is 7. The molecule has 1 amide bonds. The lowest BCUT2D eigenvalue weighted by Gasteiger charge is -2.06. The molecule has 11 heteroatoms. The van der Waals surface area contributed by atoms with Gasteiger partial charge in [0.15, 0.2) is 0 Å². The van der Waals surface area contributed by atoms with Crippen molar-refractivity contribution < 1.29 is 14.6 Å². The van der Waals surface area contributed by atoms with Crippen LogP contribution in [0.2, 0.25) is 0 Å². The first kappa shape index (κ1) is 17.5. The number of nitro benzene ring substituents is 1. The Hall–Kier alpha value is -3.81. The Morgan fingerprint density at radius 2 is 2.04 bits per heavy atom. The zero-order chi connectivity index (χ0) is 18.6. The van der Waals surface area contributed by atoms with Crippen molar-refractivity contribution in [2.45, 2.75) is 19.9 Å². The quantitative estimate of drug-likeness (QED) is 0.619. The minimum absolute atomic E-state index is 0.0338. The van der Waals surface area contributed by atoms with E-state index in [0.717, 1.165) is 6.07 Å². The van der Waals surface area contributed by atoms with Crippen LogP contribution in [0.3, 0.4) is 0 Å². The van der Waals surface area contributed by atoms with Gasteiger partial charge in [0.1, 0.15) is 6.07 Å². The fourth-order valence-electron chi connectivity index (χ4n) is 2.08. The van der Waals surface area contributed by atoms with Crippen LogP contribution in [0, 0.1) is 38.5 Å². The predicted molar refractivity (Wildman–Crippen MR) is 84.7 cm³/mol. The van der Waals surface area contributed by atoms with E-state index in [1.54, 1.807) is 13.0 Å². The molecule has 1 aromatic carbocycles. The lowest BCUT2D eigenvalue weighted by atomic mass is 10.1. The van der Waals surface area contributed by atoms with Crippen LogP contribution in [0.15, 0.2) is 24.3 Å². The molecule has 0 radical (unpaired) electrons. The molecule has 0 atom stereocenters. The van der Waals surface area contributed by atoms with E-state index in [2.05, 4.69) is 10.4 Å². The summed E-state index contributed by atoms with van der Waals surface area (Å²) in [7, 11) is 0. The number of nitrogens with one attached hydrogen (secondary N) is 1. The molecule has 0 saturated carbocycles. The summed E-state index contributed by atoms with van der Waals surface area (Å²) < 4.78 is 1.33. The molecule has 2 rings (SSSR count). The summed E-state index contributed by atoms with van der Waals surface area (Å²) in [4.78, 5) is 32.1. The summed E-state index contributed by atoms with van der Waals surface area (Å²) in [6.07, 6.45) is -0.0401. The third kappa shape index (κ3) is 4.14. The average Bonchev–Trinajstić information content (AvgIpc) is 2.94. The zero-order valence-corrected chi connectivity index (χ0v) is 13.0. The number of carbonyl (C=O) groups is 1. The van der Waals surface area contributed by atoms with E-state index >= 15 is 0 Å². The Labute approximate surface area is 140 Å². The van der Waals surface area contributed by atoms with Gasteiger partial charge in [-0.25, -0.2) is 0 Å². The third-order valence-electron chi connectivity index (χ3n) is 3.31. The van der Waals surface area contributed by atoms with E-state index < -0.39 is 15.8 Å². The molecule has 0 fully saturated rings. The third-order valence-corrected chi connectivity index (χ3v) is 3.31. The first-order chi connectivity index (χ1) is 11.8. The van der Waals surface area contributed by atoms with Gasteiger partial charge in [-0.2, -0.15) is 9.94 Å². The first-order valence-electron chi connectivity index (χ1n) is 6.99. The molecule has 0 spiro atoms. The summed E-state index contributed by atoms with van der Waals surface area (Å²) >= 11 is 0. The highest BCUT2D eigenvalue weighted by molar-refractivity contribution is 5.92. The molecule has 1 N–H and O–H groups in total. The van der Waals surface area contributed by atoms with Gasteiger partial charge in [0, 0.05) is 18.6 Å². The topological polar surface area (TPSA) is 157 Å². The largest absolute Gasteiger partial charge is 0.390 e. The molecule has 11 nitrogen and oxygen atoms in total. The molecule has 2 aromatic rings. The second kappa shape index (κ2) is 7.18. The van der Waals surface area contributed by atoms with Crippen LogP contribution in [0.5, 0.6) is 0 Å². The van der Waals surface area contributed by atoms with Crippen molar-refractivity contribution in [2.24, 2.45) is 0 Å². The summed E-state index contributed by atoms with van der Waals surface area (Å²) in [5.74, 6) is -0.761. The van der Waals surface area contributed by atoms with Crippen LogP contribution in [0.25, 0.3) is 0 Å². The second-order valence-corrected chi connectivity index (χ2v) is 5.02. The lowest BCUT2D eigenvalue weighted by molar-refractivity contribution is -0.389. The number of non-ortho nitro benzene ring substituents is 1. The fourth-order valence-corrected chi connectivity index (χ4v) is 2.08. The number of rotatable bonds is 6. The van der Waals surface area contributed by atoms with Crippen LogP contribution >= 0.6 is 0 Å². The highest BCUT2D eigenvalue weighted by atomic mass is 16.6. The number of nitriles is 1. The Bertz CT molecular complexity index is 898. The van der Waals surface area contributed by atoms with E-state index in [9.17, 15) is 25.0 Å². The van der Waals surface area contributed by atoms with Gasteiger partial charge < -0.3 is 15.4 Å². The monoisotopic (exact) mass is 344 g/mol. The van der Waals surface area contributed by atoms with Gasteiger partial charge in [0.25, 0.3) is 5.69 Å². The molecule has 0 bridgehead atoms. The number of aromatic nitrogens is 2. The molecule has 0 saturated heterocycles. The van der Waals surface area contributed by atoms with Crippen molar-refractivity contribution in [1.29, 1.82) is 5.26 Å². The lowest BCUT2D eigenvalue weighted by Crippen LogP contribution is -2.16. The van der Waals surface area contributed by atoms with Crippen LogP contribution < -0.4 is 5.32 Å². The molecular weight excluding hydrogens is 332 g/mol. The Balaban J connectivity index is 2.05. The van der Waals surface area contributed by atoms with Gasteiger partial charge in [-0.05, 0) is 17.9 Å². The second-order valence-electron chi connectivity index (χ2n) is 5.02. The van der Waals surface area contributed by atoms with Crippen LogP contribution in [-0.4, -0.2) is 25.5 Å².